The van der Waals surface area contributed by atoms with Gasteiger partial charge in [0.2, 0.25) is 15.9 Å². The first-order valence-corrected chi connectivity index (χ1v) is 13.8. The van der Waals surface area contributed by atoms with Crippen LogP contribution in [-0.4, -0.2) is 67.4 Å². The first-order chi connectivity index (χ1) is 16.9. The molecule has 1 saturated carbocycles. The topological polar surface area (TPSA) is 96.0 Å². The minimum Gasteiger partial charge on any atom is -0.444 e. The van der Waals surface area contributed by atoms with Gasteiger partial charge in [0, 0.05) is 26.2 Å². The third-order valence-electron chi connectivity index (χ3n) is 6.97. The van der Waals surface area contributed by atoms with E-state index >= 15 is 0 Å². The molecule has 37 heavy (non-hydrogen) atoms. The van der Waals surface area contributed by atoms with Crippen molar-refractivity contribution in [2.45, 2.75) is 76.2 Å². The monoisotopic (exact) mass is 547 g/mol. The molecule has 1 heterocycles. The second-order valence-corrected chi connectivity index (χ2v) is 13.2. The highest BCUT2D eigenvalue weighted by Gasteiger charge is 2.47. The maximum Gasteiger partial charge on any atom is 0.416 e. The van der Waals surface area contributed by atoms with Crippen LogP contribution in [0.25, 0.3) is 0 Å². The van der Waals surface area contributed by atoms with Gasteiger partial charge in [0.05, 0.1) is 10.5 Å². The predicted molar refractivity (Wildman–Crippen MR) is 131 cm³/mol. The molecule has 1 N–H and O–H groups in total. The molecule has 1 aromatic carbocycles. The average molecular weight is 548 g/mol. The summed E-state index contributed by atoms with van der Waals surface area (Å²) >= 11 is 0. The van der Waals surface area contributed by atoms with E-state index in [9.17, 15) is 31.2 Å². The zero-order valence-electron chi connectivity index (χ0n) is 22.0. The van der Waals surface area contributed by atoms with Crippen LogP contribution in [0.4, 0.5) is 18.0 Å². The molecule has 2 aliphatic rings. The molecule has 0 bridgehead atoms. The molecule has 2 amide bonds. The lowest BCUT2D eigenvalue weighted by atomic mass is 9.96. The van der Waals surface area contributed by atoms with E-state index in [2.05, 4.69) is 5.32 Å². The minimum absolute atomic E-state index is 0.0237. The molecule has 12 heteroatoms. The number of hydrogen-bond donors (Lipinski definition) is 1. The third-order valence-corrected chi connectivity index (χ3v) is 8.82. The zero-order chi connectivity index (χ0) is 27.9. The van der Waals surface area contributed by atoms with E-state index in [0.717, 1.165) is 24.3 Å². The second-order valence-electron chi connectivity index (χ2n) is 11.2. The molecule has 4 atom stereocenters. The molecule has 0 radical (unpaired) electrons. The average Bonchev–Trinajstić information content (AvgIpc) is 3.34. The van der Waals surface area contributed by atoms with Crippen LogP contribution in [0.5, 0.6) is 0 Å². The van der Waals surface area contributed by atoms with Crippen LogP contribution in [0.2, 0.25) is 0 Å². The van der Waals surface area contributed by atoms with Crippen LogP contribution in [0.15, 0.2) is 29.2 Å². The quantitative estimate of drug-likeness (QED) is 0.578. The van der Waals surface area contributed by atoms with E-state index < -0.39 is 39.5 Å². The maximum absolute atomic E-state index is 13.3. The standard InChI is InChI=1S/C25H36F3N3O5S/c1-15(2)21(30(6)23(33)36-24(3,4)5)22(32)29-20-12-7-16-13-31(14-19(16)20)37(34,35)18-10-8-17(9-11-18)25(26,27)28/h8-11,15-16,19-21H,7,12-14H2,1-6H3,(H,29,32)/t16-,19+,20+,21+/m1/s1. The summed E-state index contributed by atoms with van der Waals surface area (Å²) < 4.78 is 71.6. The van der Waals surface area contributed by atoms with Crippen LogP contribution in [0.3, 0.4) is 0 Å². The molecule has 2 fully saturated rings. The Balaban J connectivity index is 1.69. The van der Waals surface area contributed by atoms with Crippen molar-refractivity contribution in [2.24, 2.45) is 17.8 Å². The Morgan fingerprint density at radius 2 is 1.68 bits per heavy atom. The van der Waals surface area contributed by atoms with Crippen LogP contribution in [-0.2, 0) is 25.7 Å². The van der Waals surface area contributed by atoms with Crippen molar-refractivity contribution in [3.63, 3.8) is 0 Å². The molecule has 1 saturated heterocycles. The highest BCUT2D eigenvalue weighted by atomic mass is 32.2. The Morgan fingerprint density at radius 3 is 2.19 bits per heavy atom. The summed E-state index contributed by atoms with van der Waals surface area (Å²) in [6.45, 7) is 9.29. The Kier molecular flexibility index (Phi) is 8.24. The lowest BCUT2D eigenvalue weighted by molar-refractivity contribution is -0.137. The first-order valence-electron chi connectivity index (χ1n) is 12.4. The van der Waals surface area contributed by atoms with Crippen molar-refractivity contribution >= 4 is 22.0 Å². The van der Waals surface area contributed by atoms with Crippen molar-refractivity contribution in [1.29, 1.82) is 0 Å². The van der Waals surface area contributed by atoms with Gasteiger partial charge in [-0.05, 0) is 75.6 Å². The number of nitrogens with zero attached hydrogens (tertiary/aromatic N) is 2. The van der Waals surface area contributed by atoms with Crippen molar-refractivity contribution in [1.82, 2.24) is 14.5 Å². The van der Waals surface area contributed by atoms with E-state index in [1.807, 2.05) is 13.8 Å². The molecule has 1 aliphatic heterocycles. The van der Waals surface area contributed by atoms with Gasteiger partial charge in [-0.1, -0.05) is 13.8 Å². The zero-order valence-corrected chi connectivity index (χ0v) is 22.8. The number of amides is 2. The highest BCUT2D eigenvalue weighted by Crippen LogP contribution is 2.40. The van der Waals surface area contributed by atoms with Gasteiger partial charge >= 0.3 is 12.3 Å². The van der Waals surface area contributed by atoms with E-state index in [-0.39, 0.29) is 47.7 Å². The summed E-state index contributed by atoms with van der Waals surface area (Å²) in [5.74, 6) is -0.642. The van der Waals surface area contributed by atoms with Crippen molar-refractivity contribution in [2.75, 3.05) is 20.1 Å². The number of fused-ring (bicyclic) bond motifs is 1. The fraction of sp³-hybridized carbons (Fsp3) is 0.680. The number of rotatable bonds is 6. The number of nitrogens with one attached hydrogen (secondary N) is 1. The number of halogens is 3. The molecule has 0 unspecified atom stereocenters. The lowest BCUT2D eigenvalue weighted by Gasteiger charge is -2.33. The summed E-state index contributed by atoms with van der Waals surface area (Å²) in [7, 11) is -2.47. The van der Waals surface area contributed by atoms with Gasteiger partial charge in [0.1, 0.15) is 11.6 Å². The number of benzene rings is 1. The van der Waals surface area contributed by atoms with Gasteiger partial charge < -0.3 is 10.1 Å². The van der Waals surface area contributed by atoms with E-state index in [1.54, 1.807) is 20.8 Å². The minimum atomic E-state index is -4.55. The Bertz CT molecular complexity index is 1100. The molecule has 3 rings (SSSR count). The number of ether oxygens (including phenoxy) is 1. The summed E-state index contributed by atoms with van der Waals surface area (Å²) in [5.41, 5.74) is -1.63. The van der Waals surface area contributed by atoms with Gasteiger partial charge in [-0.2, -0.15) is 17.5 Å². The molecule has 1 aliphatic carbocycles. The Labute approximate surface area is 216 Å². The molecule has 0 spiro atoms. The van der Waals surface area contributed by atoms with Gasteiger partial charge in [-0.25, -0.2) is 13.2 Å². The molecule has 0 aromatic heterocycles. The number of sulfonamides is 1. The third kappa shape index (κ3) is 6.57. The molecule has 1 aromatic rings. The van der Waals surface area contributed by atoms with Gasteiger partial charge in [0.15, 0.2) is 0 Å². The summed E-state index contributed by atoms with van der Waals surface area (Å²) in [6.07, 6.45) is -3.77. The summed E-state index contributed by atoms with van der Waals surface area (Å²) in [6, 6.07) is 2.43. The Morgan fingerprint density at radius 1 is 1.08 bits per heavy atom. The largest absolute Gasteiger partial charge is 0.444 e. The molecular weight excluding hydrogens is 511 g/mol. The number of hydrogen-bond acceptors (Lipinski definition) is 5. The maximum atomic E-state index is 13.3. The smallest absolute Gasteiger partial charge is 0.416 e. The molecule has 8 nitrogen and oxygen atoms in total. The lowest BCUT2D eigenvalue weighted by Crippen LogP contribution is -2.54. The van der Waals surface area contributed by atoms with Gasteiger partial charge in [0.25, 0.3) is 0 Å². The molecular formula is C25H36F3N3O5S. The Hall–Kier alpha value is -2.34. The second kappa shape index (κ2) is 10.4. The number of carbonyl (C=O) groups is 2. The first kappa shape index (κ1) is 29.2. The van der Waals surface area contributed by atoms with Gasteiger partial charge in [-0.3, -0.25) is 9.69 Å². The van der Waals surface area contributed by atoms with Crippen LogP contribution in [0.1, 0.15) is 53.0 Å². The predicted octanol–water partition coefficient (Wildman–Crippen LogP) is 4.11. The number of carbonyl (C=O) groups excluding carboxylic acids is 2. The summed E-state index contributed by atoms with van der Waals surface area (Å²) in [4.78, 5) is 26.9. The van der Waals surface area contributed by atoms with E-state index in [4.69, 9.17) is 4.74 Å². The van der Waals surface area contributed by atoms with Crippen molar-refractivity contribution in [3.05, 3.63) is 29.8 Å². The SMILES string of the molecule is CC(C)[C@@H](C(=O)N[C@H]1CC[C@@H]2CN(S(=O)(=O)c3ccc(C(F)(F)F)cc3)C[C@@H]21)N(C)C(=O)OC(C)(C)C. The van der Waals surface area contributed by atoms with Crippen molar-refractivity contribution in [3.8, 4) is 0 Å². The van der Waals surface area contributed by atoms with Crippen molar-refractivity contribution < 1.29 is 35.9 Å². The molecule has 208 valence electrons. The summed E-state index contributed by atoms with van der Waals surface area (Å²) in [5, 5.41) is 3.03. The fourth-order valence-corrected chi connectivity index (χ4v) is 6.74. The van der Waals surface area contributed by atoms with E-state index in [0.29, 0.717) is 12.8 Å². The van der Waals surface area contributed by atoms with Crippen LogP contribution < -0.4 is 5.32 Å². The highest BCUT2D eigenvalue weighted by molar-refractivity contribution is 7.89. The van der Waals surface area contributed by atoms with E-state index in [1.165, 1.54) is 16.3 Å². The number of likely N-dealkylation sites (N-methyl/N-ethyl adjacent to an activating group) is 1. The van der Waals surface area contributed by atoms with Crippen LogP contribution in [0, 0.1) is 17.8 Å². The van der Waals surface area contributed by atoms with Crippen LogP contribution >= 0.6 is 0 Å². The fourth-order valence-electron chi connectivity index (χ4n) is 5.21. The number of alkyl halides is 3. The normalized spacial score (nSPS) is 23.6. The van der Waals surface area contributed by atoms with Gasteiger partial charge in [-0.15, -0.1) is 0 Å².